The summed E-state index contributed by atoms with van der Waals surface area (Å²) in [4.78, 5) is 0. The minimum atomic E-state index is -4.97. The van der Waals surface area contributed by atoms with Crippen LogP contribution in [0.1, 0.15) is 55.2 Å². The van der Waals surface area contributed by atoms with Crippen LogP contribution in [0.15, 0.2) is 77.3 Å². The molecule has 0 spiro atoms. The molecule has 0 N–H and O–H groups in total. The maximum atomic E-state index is 15.2. The number of benzene rings is 4. The fourth-order valence-corrected chi connectivity index (χ4v) is 7.12. The van der Waals surface area contributed by atoms with Crippen LogP contribution < -0.4 is 0 Å². The minimum absolute atomic E-state index is 0.00816. The summed E-state index contributed by atoms with van der Waals surface area (Å²) >= 11 is 3.51. The van der Waals surface area contributed by atoms with E-state index in [1.807, 2.05) is 12.1 Å². The zero-order valence-electron chi connectivity index (χ0n) is 21.7. The average molecular weight is 633 g/mol. The average Bonchev–Trinajstić information content (AvgIpc) is 2.93. The van der Waals surface area contributed by atoms with E-state index < -0.39 is 46.1 Å². The van der Waals surface area contributed by atoms with Crippen LogP contribution in [-0.2, 0) is 17.0 Å². The monoisotopic (exact) mass is 632 g/mol. The molecule has 2 bridgehead atoms. The van der Waals surface area contributed by atoms with Crippen LogP contribution in [0.5, 0.6) is 0 Å². The van der Waals surface area contributed by atoms with Crippen LogP contribution in [0, 0.1) is 23.3 Å². The van der Waals surface area contributed by atoms with E-state index in [1.165, 1.54) is 5.56 Å². The second-order valence-corrected chi connectivity index (χ2v) is 12.2. The molecule has 7 rings (SSSR count). The largest absolute Gasteiger partial charge is 0.416 e. The van der Waals surface area contributed by atoms with Gasteiger partial charge < -0.3 is 0 Å². The standard InChI is InChI=1S/C33H24BrF7/c34-24-7-5-22(6-8-24)32-12-9-31(10-13-32,11-14-32)21-3-1-19(2-4-21)29-25(35)15-20(16-26(29)36)30-27(37)17-23(18-28(30)38)33(39,40)41/h1-8,15-18H,9-14H2. The van der Waals surface area contributed by atoms with Crippen molar-refractivity contribution in [2.75, 3.05) is 0 Å². The third-order valence-corrected chi connectivity index (χ3v) is 9.72. The van der Waals surface area contributed by atoms with E-state index in [-0.39, 0.29) is 34.1 Å². The number of rotatable bonds is 4. The second kappa shape index (κ2) is 10.0. The fraction of sp³-hybridized carbons (Fsp3) is 0.273. The molecule has 0 amide bonds. The summed E-state index contributed by atoms with van der Waals surface area (Å²) in [5.41, 5.74) is -0.401. The first-order chi connectivity index (χ1) is 19.4. The first kappa shape index (κ1) is 28.0. The van der Waals surface area contributed by atoms with Crippen molar-refractivity contribution >= 4 is 15.9 Å². The summed E-state index contributed by atoms with van der Waals surface area (Å²) in [5.74, 6) is -5.26. The third-order valence-electron chi connectivity index (χ3n) is 9.19. The first-order valence-electron chi connectivity index (χ1n) is 13.3. The Morgan fingerprint density at radius 3 is 1.29 bits per heavy atom. The van der Waals surface area contributed by atoms with Crippen molar-refractivity contribution in [3.8, 4) is 22.3 Å². The number of hydrogen-bond donors (Lipinski definition) is 0. The Bertz CT molecular complexity index is 1550. The van der Waals surface area contributed by atoms with E-state index in [2.05, 4.69) is 40.2 Å². The van der Waals surface area contributed by atoms with Gasteiger partial charge in [0, 0.05) is 4.47 Å². The first-order valence-corrected chi connectivity index (χ1v) is 14.1. The summed E-state index contributed by atoms with van der Waals surface area (Å²) in [6.45, 7) is 0. The van der Waals surface area contributed by atoms with Crippen LogP contribution in [0.25, 0.3) is 22.3 Å². The van der Waals surface area contributed by atoms with Gasteiger partial charge in [-0.2, -0.15) is 13.2 Å². The normalized spacial score (nSPS) is 22.2. The molecule has 4 aromatic carbocycles. The highest BCUT2D eigenvalue weighted by Crippen LogP contribution is 2.58. The van der Waals surface area contributed by atoms with Gasteiger partial charge in [-0.15, -0.1) is 0 Å². The predicted octanol–water partition coefficient (Wildman–Crippen LogP) is 10.9. The summed E-state index contributed by atoms with van der Waals surface area (Å²) in [6, 6.07) is 17.4. The van der Waals surface area contributed by atoms with Gasteiger partial charge in [0.15, 0.2) is 0 Å². The van der Waals surface area contributed by atoms with Gasteiger partial charge in [0.25, 0.3) is 0 Å². The molecule has 41 heavy (non-hydrogen) atoms. The Kier molecular flexibility index (Phi) is 6.83. The quantitative estimate of drug-likeness (QED) is 0.196. The lowest BCUT2D eigenvalue weighted by molar-refractivity contribution is -0.138. The summed E-state index contributed by atoms with van der Waals surface area (Å²) < 4.78 is 99.0. The van der Waals surface area contributed by atoms with Crippen molar-refractivity contribution in [2.45, 2.75) is 55.5 Å². The SMILES string of the molecule is Fc1cc(-c2c(F)cc(C(F)(F)F)cc2F)cc(F)c1-c1ccc(C23CCC(c4ccc(Br)cc4)(CC2)CC3)cc1. The Labute approximate surface area is 241 Å². The molecule has 8 heteroatoms. The molecule has 0 radical (unpaired) electrons. The number of halogens is 8. The predicted molar refractivity (Wildman–Crippen MR) is 147 cm³/mol. The molecule has 3 aliphatic rings. The minimum Gasteiger partial charge on any atom is -0.206 e. The maximum absolute atomic E-state index is 15.2. The molecule has 0 aromatic heterocycles. The topological polar surface area (TPSA) is 0 Å². The summed E-state index contributed by atoms with van der Waals surface area (Å²) in [5, 5.41) is 0. The van der Waals surface area contributed by atoms with Crippen molar-refractivity contribution < 1.29 is 30.7 Å². The Hall–Kier alpha value is -3.13. The van der Waals surface area contributed by atoms with Gasteiger partial charge in [0.1, 0.15) is 23.3 Å². The molecule has 0 aliphatic heterocycles. The highest BCUT2D eigenvalue weighted by molar-refractivity contribution is 9.10. The second-order valence-electron chi connectivity index (χ2n) is 11.3. The molecule has 0 saturated heterocycles. The number of fused-ring (bicyclic) bond motifs is 3. The molecule has 0 unspecified atom stereocenters. The van der Waals surface area contributed by atoms with Gasteiger partial charge in [-0.05, 0) is 108 Å². The maximum Gasteiger partial charge on any atom is 0.416 e. The van der Waals surface area contributed by atoms with Crippen molar-refractivity contribution in [1.29, 1.82) is 0 Å². The fourth-order valence-electron chi connectivity index (χ4n) is 6.85. The van der Waals surface area contributed by atoms with Gasteiger partial charge in [0.2, 0.25) is 0 Å². The summed E-state index contributed by atoms with van der Waals surface area (Å²) in [6.07, 6.45) is 1.29. The highest BCUT2D eigenvalue weighted by Gasteiger charge is 2.49. The van der Waals surface area contributed by atoms with Crippen molar-refractivity contribution in [3.05, 3.63) is 117 Å². The van der Waals surface area contributed by atoms with E-state index in [4.69, 9.17) is 0 Å². The van der Waals surface area contributed by atoms with E-state index in [0.29, 0.717) is 0 Å². The lowest BCUT2D eigenvalue weighted by atomic mass is 9.50. The van der Waals surface area contributed by atoms with Crippen LogP contribution in [0.3, 0.4) is 0 Å². The van der Waals surface area contributed by atoms with Crippen molar-refractivity contribution in [1.82, 2.24) is 0 Å². The van der Waals surface area contributed by atoms with Gasteiger partial charge in [-0.25, -0.2) is 17.6 Å². The van der Waals surface area contributed by atoms with Crippen molar-refractivity contribution in [2.24, 2.45) is 0 Å². The van der Waals surface area contributed by atoms with E-state index in [9.17, 15) is 22.0 Å². The van der Waals surface area contributed by atoms with Crippen LogP contribution in [-0.4, -0.2) is 0 Å². The molecule has 3 fully saturated rings. The zero-order chi connectivity index (χ0) is 29.2. The molecule has 0 heterocycles. The van der Waals surface area contributed by atoms with Gasteiger partial charge in [-0.3, -0.25) is 0 Å². The molecule has 3 saturated carbocycles. The Balaban J connectivity index is 1.25. The van der Waals surface area contributed by atoms with Gasteiger partial charge in [-0.1, -0.05) is 52.3 Å². The van der Waals surface area contributed by atoms with Crippen LogP contribution in [0.4, 0.5) is 30.7 Å². The van der Waals surface area contributed by atoms with E-state index >= 15 is 8.78 Å². The third kappa shape index (κ3) is 4.88. The molecule has 0 nitrogen and oxygen atoms in total. The van der Waals surface area contributed by atoms with Crippen LogP contribution in [0.2, 0.25) is 0 Å². The smallest absolute Gasteiger partial charge is 0.206 e. The van der Waals surface area contributed by atoms with Crippen LogP contribution >= 0.6 is 15.9 Å². The molecular weight excluding hydrogens is 609 g/mol. The summed E-state index contributed by atoms with van der Waals surface area (Å²) in [7, 11) is 0. The zero-order valence-corrected chi connectivity index (χ0v) is 23.3. The lowest BCUT2D eigenvalue weighted by Crippen LogP contribution is -2.46. The number of hydrogen-bond acceptors (Lipinski definition) is 0. The molecule has 4 aromatic rings. The van der Waals surface area contributed by atoms with E-state index in [1.54, 1.807) is 12.1 Å². The number of alkyl halides is 3. The van der Waals surface area contributed by atoms with Gasteiger partial charge in [0.05, 0.1) is 16.7 Å². The molecule has 212 valence electrons. The van der Waals surface area contributed by atoms with Gasteiger partial charge >= 0.3 is 6.18 Å². The molecule has 3 aliphatic carbocycles. The Morgan fingerprint density at radius 1 is 0.512 bits per heavy atom. The Morgan fingerprint density at radius 2 is 0.878 bits per heavy atom. The lowest BCUT2D eigenvalue weighted by Gasteiger charge is -2.54. The molecular formula is C33H24BrF7. The van der Waals surface area contributed by atoms with Crippen molar-refractivity contribution in [3.63, 3.8) is 0 Å². The molecule has 0 atom stereocenters. The van der Waals surface area contributed by atoms with E-state index in [0.717, 1.165) is 60.7 Å². The highest BCUT2D eigenvalue weighted by atomic mass is 79.9.